The van der Waals surface area contributed by atoms with Crippen LogP contribution in [0.5, 0.6) is 0 Å². The summed E-state index contributed by atoms with van der Waals surface area (Å²) in [6, 6.07) is 0. The van der Waals surface area contributed by atoms with Crippen molar-refractivity contribution in [1.29, 1.82) is 0 Å². The minimum atomic E-state index is -0.215. The van der Waals surface area contributed by atoms with Crippen molar-refractivity contribution in [1.82, 2.24) is 5.32 Å². The molecule has 0 spiro atoms. The summed E-state index contributed by atoms with van der Waals surface area (Å²) >= 11 is 0. The third kappa shape index (κ3) is 3.78. The first-order chi connectivity index (χ1) is 5.12. The van der Waals surface area contributed by atoms with Gasteiger partial charge in [0.2, 0.25) is 0 Å². The zero-order valence-corrected chi connectivity index (χ0v) is 9.06. The molecular formula is C9H21NOS. The van der Waals surface area contributed by atoms with Gasteiger partial charge < -0.3 is 10.4 Å². The molecule has 0 saturated heterocycles. The molecule has 1 aliphatic rings. The molecule has 1 rings (SSSR count). The van der Waals surface area contributed by atoms with Crippen molar-refractivity contribution in [2.45, 2.75) is 51.2 Å². The fourth-order valence-electron chi connectivity index (χ4n) is 1.73. The molecule has 2 N–H and O–H groups in total. The van der Waals surface area contributed by atoms with Gasteiger partial charge in [-0.15, -0.1) is 0 Å². The Balaban J connectivity index is 0.00000121. The largest absolute Gasteiger partial charge is 0.392 e. The first kappa shape index (κ1) is 12.3. The Morgan fingerprint density at radius 1 is 1.42 bits per heavy atom. The predicted molar refractivity (Wildman–Crippen MR) is 56.9 cm³/mol. The summed E-state index contributed by atoms with van der Waals surface area (Å²) in [5, 5.41) is 12.5. The average molecular weight is 191 g/mol. The van der Waals surface area contributed by atoms with Crippen LogP contribution in [0.25, 0.3) is 0 Å². The predicted octanol–water partition coefficient (Wildman–Crippen LogP) is 1.40. The molecule has 1 atom stereocenters. The molecule has 0 heterocycles. The van der Waals surface area contributed by atoms with Crippen molar-refractivity contribution in [3.05, 3.63) is 0 Å². The van der Waals surface area contributed by atoms with Crippen LogP contribution >= 0.6 is 13.5 Å². The monoisotopic (exact) mass is 191 g/mol. The molecular weight excluding hydrogens is 170 g/mol. The van der Waals surface area contributed by atoms with Gasteiger partial charge in [0, 0.05) is 12.1 Å². The van der Waals surface area contributed by atoms with E-state index in [0.29, 0.717) is 5.54 Å². The molecule has 0 radical (unpaired) electrons. The van der Waals surface area contributed by atoms with Gasteiger partial charge in [-0.25, -0.2) is 0 Å². The zero-order valence-electron chi connectivity index (χ0n) is 8.06. The van der Waals surface area contributed by atoms with Crippen LogP contribution in [0.2, 0.25) is 0 Å². The van der Waals surface area contributed by atoms with Crippen LogP contribution in [0, 0.1) is 0 Å². The number of hydrogen-bond donors (Lipinski definition) is 2. The van der Waals surface area contributed by atoms with Crippen LogP contribution in [0.15, 0.2) is 0 Å². The maximum Gasteiger partial charge on any atom is 0.0636 e. The van der Waals surface area contributed by atoms with Gasteiger partial charge >= 0.3 is 0 Å². The SMILES string of the molecule is C[C@H](O)CNC1(C)CCCC1.S. The van der Waals surface area contributed by atoms with Crippen LogP contribution in [0.4, 0.5) is 0 Å². The van der Waals surface area contributed by atoms with Gasteiger partial charge in [0.15, 0.2) is 0 Å². The fraction of sp³-hybridized carbons (Fsp3) is 1.00. The van der Waals surface area contributed by atoms with E-state index in [1.54, 1.807) is 0 Å². The van der Waals surface area contributed by atoms with Gasteiger partial charge in [0.1, 0.15) is 0 Å². The van der Waals surface area contributed by atoms with E-state index in [0.717, 1.165) is 6.54 Å². The van der Waals surface area contributed by atoms with E-state index < -0.39 is 0 Å². The van der Waals surface area contributed by atoms with Crippen molar-refractivity contribution in [3.63, 3.8) is 0 Å². The Bertz CT molecular complexity index is 122. The third-order valence-corrected chi connectivity index (χ3v) is 2.53. The summed E-state index contributed by atoms with van der Waals surface area (Å²) in [7, 11) is 0. The highest BCUT2D eigenvalue weighted by Crippen LogP contribution is 2.28. The van der Waals surface area contributed by atoms with Gasteiger partial charge in [0.05, 0.1) is 6.10 Å². The number of hydrogen-bond acceptors (Lipinski definition) is 2. The standard InChI is InChI=1S/C9H19NO.H2S/c1-8(11)7-10-9(2)5-3-4-6-9;/h8,10-11H,3-7H2,1-2H3;1H2/t8-;/m0./s1. The van der Waals surface area contributed by atoms with Crippen LogP contribution in [-0.4, -0.2) is 23.3 Å². The number of nitrogens with one attached hydrogen (secondary N) is 1. The molecule has 0 amide bonds. The highest BCUT2D eigenvalue weighted by molar-refractivity contribution is 7.59. The van der Waals surface area contributed by atoms with E-state index >= 15 is 0 Å². The molecule has 1 fully saturated rings. The van der Waals surface area contributed by atoms with Crippen molar-refractivity contribution in [2.24, 2.45) is 0 Å². The van der Waals surface area contributed by atoms with Gasteiger partial charge in [-0.3, -0.25) is 0 Å². The number of rotatable bonds is 3. The highest BCUT2D eigenvalue weighted by atomic mass is 32.1. The summed E-state index contributed by atoms with van der Waals surface area (Å²) in [5.41, 5.74) is 0.316. The smallest absolute Gasteiger partial charge is 0.0636 e. The molecule has 0 aliphatic heterocycles. The summed E-state index contributed by atoms with van der Waals surface area (Å²) in [4.78, 5) is 0. The molecule has 0 unspecified atom stereocenters. The molecule has 1 saturated carbocycles. The molecule has 0 aromatic carbocycles. The van der Waals surface area contributed by atoms with Crippen molar-refractivity contribution < 1.29 is 5.11 Å². The average Bonchev–Trinajstić information content (AvgIpc) is 2.33. The normalized spacial score (nSPS) is 23.2. The van der Waals surface area contributed by atoms with E-state index in [1.807, 2.05) is 6.92 Å². The van der Waals surface area contributed by atoms with E-state index in [9.17, 15) is 0 Å². The lowest BCUT2D eigenvalue weighted by atomic mass is 10.0. The first-order valence-corrected chi connectivity index (χ1v) is 4.55. The Morgan fingerprint density at radius 3 is 2.33 bits per heavy atom. The Labute approximate surface area is 82.2 Å². The molecule has 0 aromatic heterocycles. The number of aliphatic hydroxyl groups excluding tert-OH is 1. The van der Waals surface area contributed by atoms with Gasteiger partial charge in [0.25, 0.3) is 0 Å². The van der Waals surface area contributed by atoms with E-state index in [-0.39, 0.29) is 19.6 Å². The number of β-amino-alcohol motifs (C(OH)–C–C–N with tert-alkyl or cyclic N) is 1. The second-order valence-corrected chi connectivity index (χ2v) is 4.00. The quantitative estimate of drug-likeness (QED) is 0.707. The second-order valence-electron chi connectivity index (χ2n) is 4.00. The van der Waals surface area contributed by atoms with Gasteiger partial charge in [-0.05, 0) is 26.7 Å². The van der Waals surface area contributed by atoms with Crippen LogP contribution in [0.3, 0.4) is 0 Å². The fourth-order valence-corrected chi connectivity index (χ4v) is 1.73. The zero-order chi connectivity index (χ0) is 8.32. The maximum absolute atomic E-state index is 9.06. The molecule has 74 valence electrons. The minimum Gasteiger partial charge on any atom is -0.392 e. The van der Waals surface area contributed by atoms with Gasteiger partial charge in [-0.2, -0.15) is 13.5 Å². The maximum atomic E-state index is 9.06. The van der Waals surface area contributed by atoms with Gasteiger partial charge in [-0.1, -0.05) is 12.8 Å². The van der Waals surface area contributed by atoms with Crippen molar-refractivity contribution in [2.75, 3.05) is 6.54 Å². The van der Waals surface area contributed by atoms with Crippen molar-refractivity contribution >= 4 is 13.5 Å². The molecule has 12 heavy (non-hydrogen) atoms. The van der Waals surface area contributed by atoms with Crippen LogP contribution in [0.1, 0.15) is 39.5 Å². The number of aliphatic hydroxyl groups is 1. The topological polar surface area (TPSA) is 32.3 Å². The van der Waals surface area contributed by atoms with E-state index in [4.69, 9.17) is 5.11 Å². The molecule has 0 bridgehead atoms. The summed E-state index contributed by atoms with van der Waals surface area (Å²) in [6.07, 6.45) is 4.99. The second kappa shape index (κ2) is 5.10. The first-order valence-electron chi connectivity index (χ1n) is 4.55. The molecule has 0 aromatic rings. The lowest BCUT2D eigenvalue weighted by molar-refractivity contribution is 0.174. The molecule has 3 heteroatoms. The lowest BCUT2D eigenvalue weighted by Crippen LogP contribution is -2.42. The van der Waals surface area contributed by atoms with E-state index in [2.05, 4.69) is 12.2 Å². The molecule has 1 aliphatic carbocycles. The summed E-state index contributed by atoms with van der Waals surface area (Å²) < 4.78 is 0. The highest BCUT2D eigenvalue weighted by Gasteiger charge is 2.27. The third-order valence-electron chi connectivity index (χ3n) is 2.53. The van der Waals surface area contributed by atoms with Crippen molar-refractivity contribution in [3.8, 4) is 0 Å². The summed E-state index contributed by atoms with van der Waals surface area (Å²) in [6.45, 7) is 4.81. The van der Waals surface area contributed by atoms with Crippen LogP contribution < -0.4 is 5.32 Å². The minimum absolute atomic E-state index is 0. The molecule has 2 nitrogen and oxygen atoms in total. The van der Waals surface area contributed by atoms with E-state index in [1.165, 1.54) is 25.7 Å². The summed E-state index contributed by atoms with van der Waals surface area (Å²) in [5.74, 6) is 0. The lowest BCUT2D eigenvalue weighted by Gasteiger charge is -2.26. The Hall–Kier alpha value is 0.270. The van der Waals surface area contributed by atoms with Crippen LogP contribution in [-0.2, 0) is 0 Å². The Kier molecular flexibility index (Phi) is 5.21. The Morgan fingerprint density at radius 2 is 1.92 bits per heavy atom.